The van der Waals surface area contributed by atoms with Crippen molar-refractivity contribution in [1.29, 1.82) is 0 Å². The van der Waals surface area contributed by atoms with Crippen LogP contribution in [0.4, 0.5) is 4.79 Å². The highest BCUT2D eigenvalue weighted by atomic mass is 79.9. The van der Waals surface area contributed by atoms with Crippen molar-refractivity contribution in [2.75, 3.05) is 0 Å². The first kappa shape index (κ1) is 19.6. The van der Waals surface area contributed by atoms with Crippen LogP contribution >= 0.6 is 27.5 Å². The van der Waals surface area contributed by atoms with Gasteiger partial charge in [-0.05, 0) is 42.3 Å². The van der Waals surface area contributed by atoms with Crippen LogP contribution in [0.15, 0.2) is 57.4 Å². The minimum Gasteiger partial charge on any atom is -0.419 e. The zero-order valence-electron chi connectivity index (χ0n) is 15.4. The molecule has 1 saturated heterocycles. The summed E-state index contributed by atoms with van der Waals surface area (Å²) in [5.74, 6) is 0.119. The standard InChI is InChI=1S/C20H16BrClN4O3/c1-2-20(13-6-8-15(22)9-7-13)18(27)26(19(28)23-20)11-16-24-25-17(29-16)12-4-3-5-14(21)10-12/h3-10H,2,11H2,1H3,(H,23,28). The Morgan fingerprint density at radius 3 is 2.62 bits per heavy atom. The van der Waals surface area contributed by atoms with Crippen LogP contribution in [-0.4, -0.2) is 27.0 Å². The number of amides is 3. The summed E-state index contributed by atoms with van der Waals surface area (Å²) in [6.07, 6.45) is 0.392. The van der Waals surface area contributed by atoms with E-state index in [-0.39, 0.29) is 18.3 Å². The molecule has 3 amide bonds. The minimum atomic E-state index is -1.14. The van der Waals surface area contributed by atoms with Gasteiger partial charge in [0.05, 0.1) is 0 Å². The zero-order chi connectivity index (χ0) is 20.6. The van der Waals surface area contributed by atoms with Crippen molar-refractivity contribution in [3.63, 3.8) is 0 Å². The third-order valence-electron chi connectivity index (χ3n) is 4.87. The number of carbonyl (C=O) groups is 2. The van der Waals surface area contributed by atoms with Gasteiger partial charge in [0.2, 0.25) is 11.8 Å². The highest BCUT2D eigenvalue weighted by Crippen LogP contribution is 2.34. The van der Waals surface area contributed by atoms with Crippen LogP contribution in [-0.2, 0) is 16.9 Å². The summed E-state index contributed by atoms with van der Waals surface area (Å²) in [7, 11) is 0. The number of nitrogens with one attached hydrogen (secondary N) is 1. The quantitative estimate of drug-likeness (QED) is 0.549. The molecule has 1 atom stereocenters. The highest BCUT2D eigenvalue weighted by Gasteiger charge is 2.51. The lowest BCUT2D eigenvalue weighted by Crippen LogP contribution is -2.43. The van der Waals surface area contributed by atoms with E-state index >= 15 is 0 Å². The van der Waals surface area contributed by atoms with E-state index in [1.54, 1.807) is 24.3 Å². The van der Waals surface area contributed by atoms with Crippen molar-refractivity contribution < 1.29 is 14.0 Å². The average molecular weight is 476 g/mol. The van der Waals surface area contributed by atoms with Crippen molar-refractivity contribution in [3.05, 3.63) is 69.5 Å². The van der Waals surface area contributed by atoms with Gasteiger partial charge in [0.15, 0.2) is 0 Å². The number of aromatic nitrogens is 2. The number of hydrogen-bond donors (Lipinski definition) is 1. The molecule has 9 heteroatoms. The highest BCUT2D eigenvalue weighted by molar-refractivity contribution is 9.10. The normalized spacial score (nSPS) is 18.9. The molecule has 7 nitrogen and oxygen atoms in total. The number of carbonyl (C=O) groups excluding carboxylic acids is 2. The summed E-state index contributed by atoms with van der Waals surface area (Å²) >= 11 is 9.35. The van der Waals surface area contributed by atoms with Crippen molar-refractivity contribution in [2.45, 2.75) is 25.4 Å². The molecule has 0 bridgehead atoms. The van der Waals surface area contributed by atoms with Crippen LogP contribution < -0.4 is 5.32 Å². The lowest BCUT2D eigenvalue weighted by Gasteiger charge is -2.25. The second-order valence-electron chi connectivity index (χ2n) is 6.60. The fraction of sp³-hybridized carbons (Fsp3) is 0.200. The Kier molecular flexibility index (Phi) is 5.14. The van der Waals surface area contributed by atoms with Gasteiger partial charge in [-0.1, -0.05) is 52.7 Å². The molecule has 0 radical (unpaired) electrons. The maximum Gasteiger partial charge on any atom is 0.325 e. The molecule has 1 aliphatic rings. The molecule has 1 aliphatic heterocycles. The third kappa shape index (κ3) is 3.54. The van der Waals surface area contributed by atoms with E-state index < -0.39 is 11.6 Å². The number of rotatable bonds is 5. The molecule has 0 saturated carbocycles. The lowest BCUT2D eigenvalue weighted by atomic mass is 9.87. The summed E-state index contributed by atoms with van der Waals surface area (Å²) in [6.45, 7) is 1.73. The van der Waals surface area contributed by atoms with E-state index in [0.29, 0.717) is 22.9 Å². The smallest absolute Gasteiger partial charge is 0.325 e. The van der Waals surface area contributed by atoms with Gasteiger partial charge in [0.1, 0.15) is 12.1 Å². The molecule has 1 N–H and O–H groups in total. The Balaban J connectivity index is 1.59. The third-order valence-corrected chi connectivity index (χ3v) is 5.62. The first-order valence-electron chi connectivity index (χ1n) is 8.91. The topological polar surface area (TPSA) is 88.3 Å². The number of halogens is 2. The van der Waals surface area contributed by atoms with Crippen LogP contribution in [0.3, 0.4) is 0 Å². The second kappa shape index (κ2) is 7.61. The van der Waals surface area contributed by atoms with E-state index in [4.69, 9.17) is 16.0 Å². The number of hydrogen-bond acceptors (Lipinski definition) is 5. The molecule has 0 aliphatic carbocycles. The lowest BCUT2D eigenvalue weighted by molar-refractivity contribution is -0.132. The molecule has 1 aromatic heterocycles. The number of urea groups is 1. The molecule has 4 rings (SSSR count). The molecular formula is C20H16BrClN4O3. The Hall–Kier alpha value is -2.71. The maximum absolute atomic E-state index is 13.2. The van der Waals surface area contributed by atoms with Gasteiger partial charge in [0, 0.05) is 15.1 Å². The summed E-state index contributed by atoms with van der Waals surface area (Å²) in [5, 5.41) is 11.4. The Morgan fingerprint density at radius 2 is 1.93 bits per heavy atom. The van der Waals surface area contributed by atoms with Gasteiger partial charge < -0.3 is 9.73 Å². The van der Waals surface area contributed by atoms with E-state index in [2.05, 4.69) is 31.4 Å². The molecule has 1 fully saturated rings. The van der Waals surface area contributed by atoms with Gasteiger partial charge in [-0.2, -0.15) is 0 Å². The first-order chi connectivity index (χ1) is 13.9. The molecular weight excluding hydrogens is 460 g/mol. The minimum absolute atomic E-state index is 0.110. The first-order valence-corrected chi connectivity index (χ1v) is 10.1. The van der Waals surface area contributed by atoms with Crippen molar-refractivity contribution in [2.24, 2.45) is 0 Å². The van der Waals surface area contributed by atoms with E-state index in [0.717, 1.165) is 14.9 Å². The fourth-order valence-corrected chi connectivity index (χ4v) is 3.86. The molecule has 148 valence electrons. The molecule has 1 unspecified atom stereocenters. The second-order valence-corrected chi connectivity index (χ2v) is 7.95. The van der Waals surface area contributed by atoms with Crippen LogP contribution in [0, 0.1) is 0 Å². The van der Waals surface area contributed by atoms with Gasteiger partial charge in [-0.25, -0.2) is 4.79 Å². The Bertz CT molecular complexity index is 1090. The van der Waals surface area contributed by atoms with Crippen molar-refractivity contribution in [3.8, 4) is 11.5 Å². The van der Waals surface area contributed by atoms with E-state index in [9.17, 15) is 9.59 Å². The Morgan fingerprint density at radius 1 is 1.17 bits per heavy atom. The molecule has 0 spiro atoms. The van der Waals surface area contributed by atoms with Crippen LogP contribution in [0.5, 0.6) is 0 Å². The number of imide groups is 1. The average Bonchev–Trinajstić information content (AvgIpc) is 3.28. The number of nitrogens with zero attached hydrogens (tertiary/aromatic N) is 3. The van der Waals surface area contributed by atoms with Crippen LogP contribution in [0.1, 0.15) is 24.8 Å². The van der Waals surface area contributed by atoms with Gasteiger partial charge >= 0.3 is 6.03 Å². The fourth-order valence-electron chi connectivity index (χ4n) is 3.33. The Labute approximate surface area is 180 Å². The summed E-state index contributed by atoms with van der Waals surface area (Å²) in [6, 6.07) is 13.8. The van der Waals surface area contributed by atoms with E-state index in [1.807, 2.05) is 31.2 Å². The SMILES string of the molecule is CCC1(c2ccc(Cl)cc2)NC(=O)N(Cc2nnc(-c3cccc(Br)c3)o2)C1=O. The predicted molar refractivity (Wildman–Crippen MR) is 110 cm³/mol. The zero-order valence-corrected chi connectivity index (χ0v) is 17.7. The van der Waals surface area contributed by atoms with Gasteiger partial charge in [0.25, 0.3) is 5.91 Å². The predicted octanol–water partition coefficient (Wildman–Crippen LogP) is 4.51. The maximum atomic E-state index is 13.2. The molecule has 2 aromatic carbocycles. The van der Waals surface area contributed by atoms with E-state index in [1.165, 1.54) is 0 Å². The van der Waals surface area contributed by atoms with Crippen LogP contribution in [0.25, 0.3) is 11.5 Å². The molecule has 3 aromatic rings. The molecule has 2 heterocycles. The monoisotopic (exact) mass is 474 g/mol. The summed E-state index contributed by atoms with van der Waals surface area (Å²) < 4.78 is 6.55. The van der Waals surface area contributed by atoms with Crippen LogP contribution in [0.2, 0.25) is 5.02 Å². The van der Waals surface area contributed by atoms with Gasteiger partial charge in [-0.3, -0.25) is 9.69 Å². The summed E-state index contributed by atoms with van der Waals surface area (Å²) in [4.78, 5) is 26.9. The number of benzene rings is 2. The molecule has 29 heavy (non-hydrogen) atoms. The van der Waals surface area contributed by atoms with Crippen molar-refractivity contribution in [1.82, 2.24) is 20.4 Å². The van der Waals surface area contributed by atoms with Gasteiger partial charge in [-0.15, -0.1) is 10.2 Å². The largest absolute Gasteiger partial charge is 0.419 e. The van der Waals surface area contributed by atoms with Crippen molar-refractivity contribution >= 4 is 39.5 Å². The summed E-state index contributed by atoms with van der Waals surface area (Å²) in [5.41, 5.74) is 0.263.